The summed E-state index contributed by atoms with van der Waals surface area (Å²) in [4.78, 5) is 25.1. The molecule has 2 aliphatic rings. The molecule has 7 heteroatoms. The van der Waals surface area contributed by atoms with Gasteiger partial charge in [0, 0.05) is 25.0 Å². The van der Waals surface area contributed by atoms with Gasteiger partial charge in [0.2, 0.25) is 5.91 Å². The molecule has 1 aromatic carbocycles. The van der Waals surface area contributed by atoms with E-state index in [0.717, 1.165) is 37.0 Å². The van der Waals surface area contributed by atoms with E-state index in [1.54, 1.807) is 7.11 Å². The van der Waals surface area contributed by atoms with E-state index in [1.807, 2.05) is 38.1 Å². The molecule has 0 radical (unpaired) electrons. The van der Waals surface area contributed by atoms with Crippen LogP contribution in [0.4, 0.5) is 4.79 Å². The lowest BCUT2D eigenvalue weighted by molar-refractivity contribution is -0.142. The fourth-order valence-electron chi connectivity index (χ4n) is 6.17. The molecule has 0 aromatic heterocycles. The predicted molar refractivity (Wildman–Crippen MR) is 129 cm³/mol. The number of carbonyl (C=O) groups excluding carboxylic acids is 2. The van der Waals surface area contributed by atoms with Gasteiger partial charge in [-0.25, -0.2) is 4.79 Å². The van der Waals surface area contributed by atoms with Gasteiger partial charge in [-0.05, 0) is 73.5 Å². The van der Waals surface area contributed by atoms with E-state index >= 15 is 0 Å². The second-order valence-corrected chi connectivity index (χ2v) is 10.2. The van der Waals surface area contributed by atoms with Gasteiger partial charge in [0.05, 0.1) is 13.2 Å². The summed E-state index contributed by atoms with van der Waals surface area (Å²) in [7, 11) is 1.63. The third kappa shape index (κ3) is 5.62. The van der Waals surface area contributed by atoms with Gasteiger partial charge in [-0.15, -0.1) is 0 Å². The predicted octanol–water partition coefficient (Wildman–Crippen LogP) is 3.46. The molecule has 0 aliphatic heterocycles. The molecule has 0 unspecified atom stereocenters. The van der Waals surface area contributed by atoms with Crippen molar-refractivity contribution in [1.82, 2.24) is 16.0 Å². The van der Waals surface area contributed by atoms with E-state index in [9.17, 15) is 14.7 Å². The van der Waals surface area contributed by atoms with Crippen LogP contribution >= 0.6 is 0 Å². The molecule has 3 rings (SSSR count). The zero-order valence-electron chi connectivity index (χ0n) is 20.7. The molecule has 2 aliphatic carbocycles. The number of carbonyl (C=O) groups is 2. The average Bonchev–Trinajstić information content (AvgIpc) is 2.79. The van der Waals surface area contributed by atoms with Crippen molar-refractivity contribution in [1.29, 1.82) is 0 Å². The molecule has 7 atom stereocenters. The van der Waals surface area contributed by atoms with Crippen molar-refractivity contribution in [2.75, 3.05) is 13.7 Å². The number of rotatable bonds is 7. The molecule has 7 nitrogen and oxygen atoms in total. The largest absolute Gasteiger partial charge is 0.497 e. The van der Waals surface area contributed by atoms with E-state index < -0.39 is 6.10 Å². The quantitative estimate of drug-likeness (QED) is 0.502. The first-order valence-corrected chi connectivity index (χ1v) is 12.3. The Morgan fingerprint density at radius 3 is 2.48 bits per heavy atom. The van der Waals surface area contributed by atoms with Gasteiger partial charge in [-0.1, -0.05) is 32.9 Å². The number of nitrogens with one attached hydrogen (secondary N) is 3. The van der Waals surface area contributed by atoms with Crippen LogP contribution in [0.1, 0.15) is 58.9 Å². The Bertz CT molecular complexity index is 814. The lowest BCUT2D eigenvalue weighted by Gasteiger charge is -2.56. The summed E-state index contributed by atoms with van der Waals surface area (Å²) >= 11 is 0. The Hall–Kier alpha value is -2.28. The van der Waals surface area contributed by atoms with E-state index in [2.05, 4.69) is 29.8 Å². The first kappa shape index (κ1) is 25.3. The standard InChI is InChI=1S/C26H41N3O4/c1-6-27-25(32)29-21-12-14-26(4)13-11-20(23(30)22(26)17(21)3)16(2)24(31)28-15-18-7-9-19(33-5)10-8-18/h7-10,16-17,20-23,30H,6,11-15H2,1-5H3,(H,28,31)(H2,27,29,32)/t16-,17+,20-,21-,22+,23-,26-/m0/s1. The Morgan fingerprint density at radius 1 is 1.18 bits per heavy atom. The second kappa shape index (κ2) is 10.8. The number of aliphatic hydroxyl groups is 1. The summed E-state index contributed by atoms with van der Waals surface area (Å²) in [5.74, 6) is 0.566. The minimum absolute atomic E-state index is 0.0288. The number of hydrogen-bond acceptors (Lipinski definition) is 4. The molecule has 2 fully saturated rings. The first-order valence-electron chi connectivity index (χ1n) is 12.3. The molecule has 0 saturated heterocycles. The van der Waals surface area contributed by atoms with Gasteiger partial charge in [0.25, 0.3) is 0 Å². The summed E-state index contributed by atoms with van der Waals surface area (Å²) < 4.78 is 5.18. The van der Waals surface area contributed by atoms with Crippen molar-refractivity contribution < 1.29 is 19.4 Å². The van der Waals surface area contributed by atoms with Crippen LogP contribution in [0.2, 0.25) is 0 Å². The highest BCUT2D eigenvalue weighted by Crippen LogP contribution is 2.55. The van der Waals surface area contributed by atoms with Crippen LogP contribution in [-0.4, -0.2) is 42.8 Å². The molecule has 33 heavy (non-hydrogen) atoms. The second-order valence-electron chi connectivity index (χ2n) is 10.2. The maximum atomic E-state index is 13.0. The van der Waals surface area contributed by atoms with Crippen molar-refractivity contribution in [2.45, 2.75) is 72.1 Å². The minimum atomic E-state index is -0.570. The summed E-state index contributed by atoms with van der Waals surface area (Å²) in [6.45, 7) is 9.27. The first-order chi connectivity index (χ1) is 15.7. The molecule has 0 spiro atoms. The van der Waals surface area contributed by atoms with Gasteiger partial charge < -0.3 is 25.8 Å². The van der Waals surface area contributed by atoms with Crippen LogP contribution in [0.15, 0.2) is 24.3 Å². The SMILES string of the molecule is CCNC(=O)N[C@H]1CC[C@]2(C)CC[C@@H]([C@H](C)C(=O)NCc3ccc(OC)cc3)[C@H](O)[C@H]2[C@@H]1C. The fourth-order valence-corrected chi connectivity index (χ4v) is 6.17. The maximum absolute atomic E-state index is 13.0. The van der Waals surface area contributed by atoms with Crippen LogP contribution in [0.25, 0.3) is 0 Å². The number of ether oxygens (including phenoxy) is 1. The summed E-state index contributed by atoms with van der Waals surface area (Å²) in [5.41, 5.74) is 1.04. The summed E-state index contributed by atoms with van der Waals surface area (Å²) in [5, 5.41) is 20.4. The third-order valence-corrected chi connectivity index (χ3v) is 8.22. The summed E-state index contributed by atoms with van der Waals surface area (Å²) in [6, 6.07) is 7.53. The highest BCUT2D eigenvalue weighted by atomic mass is 16.5. The molecule has 4 N–H and O–H groups in total. The molecule has 0 bridgehead atoms. The monoisotopic (exact) mass is 459 g/mol. The van der Waals surface area contributed by atoms with Gasteiger partial charge in [0.1, 0.15) is 5.75 Å². The van der Waals surface area contributed by atoms with Crippen molar-refractivity contribution in [3.8, 4) is 5.75 Å². The van der Waals surface area contributed by atoms with Gasteiger partial charge >= 0.3 is 6.03 Å². The normalized spacial score (nSPS) is 32.2. The van der Waals surface area contributed by atoms with Crippen molar-refractivity contribution in [3.05, 3.63) is 29.8 Å². The van der Waals surface area contributed by atoms with Crippen molar-refractivity contribution in [3.63, 3.8) is 0 Å². The van der Waals surface area contributed by atoms with Gasteiger partial charge in [-0.3, -0.25) is 4.79 Å². The highest BCUT2D eigenvalue weighted by Gasteiger charge is 2.53. The van der Waals surface area contributed by atoms with E-state index in [1.165, 1.54) is 0 Å². The number of fused-ring (bicyclic) bond motifs is 1. The highest BCUT2D eigenvalue weighted by molar-refractivity contribution is 5.78. The zero-order chi connectivity index (χ0) is 24.2. The molecular formula is C26H41N3O4. The molecular weight excluding hydrogens is 418 g/mol. The average molecular weight is 460 g/mol. The minimum Gasteiger partial charge on any atom is -0.497 e. The van der Waals surface area contributed by atoms with Gasteiger partial charge in [0.15, 0.2) is 0 Å². The Morgan fingerprint density at radius 2 is 1.85 bits per heavy atom. The lowest BCUT2D eigenvalue weighted by atomic mass is 9.52. The van der Waals surface area contributed by atoms with Crippen LogP contribution in [0.5, 0.6) is 5.75 Å². The number of methoxy groups -OCH3 is 1. The lowest BCUT2D eigenvalue weighted by Crippen LogP contribution is -2.59. The van der Waals surface area contributed by atoms with Crippen molar-refractivity contribution in [2.24, 2.45) is 29.1 Å². The van der Waals surface area contributed by atoms with Crippen LogP contribution in [-0.2, 0) is 11.3 Å². The van der Waals surface area contributed by atoms with E-state index in [0.29, 0.717) is 13.1 Å². The Balaban J connectivity index is 1.64. The molecule has 3 amide bonds. The van der Waals surface area contributed by atoms with Crippen LogP contribution in [0.3, 0.4) is 0 Å². The number of amides is 3. The number of urea groups is 1. The fraction of sp³-hybridized carbons (Fsp3) is 0.692. The Kier molecular flexibility index (Phi) is 8.27. The summed E-state index contributed by atoms with van der Waals surface area (Å²) in [6.07, 6.45) is 3.15. The Labute approximate surface area is 198 Å². The molecule has 1 aromatic rings. The van der Waals surface area contributed by atoms with Gasteiger partial charge in [-0.2, -0.15) is 0 Å². The topological polar surface area (TPSA) is 99.7 Å². The van der Waals surface area contributed by atoms with Crippen molar-refractivity contribution >= 4 is 11.9 Å². The number of hydrogen-bond donors (Lipinski definition) is 4. The number of benzene rings is 1. The maximum Gasteiger partial charge on any atom is 0.315 e. The molecule has 184 valence electrons. The zero-order valence-corrected chi connectivity index (χ0v) is 20.7. The van der Waals surface area contributed by atoms with Crippen LogP contribution < -0.4 is 20.7 Å². The molecule has 2 saturated carbocycles. The third-order valence-electron chi connectivity index (χ3n) is 8.22. The molecule has 0 heterocycles. The number of aliphatic hydroxyl groups excluding tert-OH is 1. The van der Waals surface area contributed by atoms with E-state index in [4.69, 9.17) is 4.74 Å². The van der Waals surface area contributed by atoms with E-state index in [-0.39, 0.29) is 47.1 Å². The van der Waals surface area contributed by atoms with Crippen LogP contribution in [0, 0.1) is 29.1 Å². The smallest absolute Gasteiger partial charge is 0.315 e.